The summed E-state index contributed by atoms with van der Waals surface area (Å²) in [6.07, 6.45) is 0.771. The molecule has 14 nitrogen and oxygen atoms in total. The first-order chi connectivity index (χ1) is 19.7. The lowest BCUT2D eigenvalue weighted by Gasteiger charge is -2.29. The zero-order valence-electron chi connectivity index (χ0n) is 22.6. The molecule has 1 unspecified atom stereocenters. The minimum Gasteiger partial charge on any atom is -0.461 e. The summed E-state index contributed by atoms with van der Waals surface area (Å²) in [5.74, 6) is -0.166. The Labute approximate surface area is 236 Å². The Morgan fingerprint density at radius 1 is 1.32 bits per heavy atom. The lowest BCUT2D eigenvalue weighted by molar-refractivity contribution is -0.154. The van der Waals surface area contributed by atoms with Gasteiger partial charge in [-0.25, -0.2) is 14.1 Å². The second kappa shape index (κ2) is 11.8. The van der Waals surface area contributed by atoms with Crippen LogP contribution >= 0.6 is 7.75 Å². The Bertz CT molecular complexity index is 1450. The van der Waals surface area contributed by atoms with E-state index in [0.29, 0.717) is 11.2 Å². The number of fused-ring (bicyclic) bond motifs is 1. The van der Waals surface area contributed by atoms with Crippen molar-refractivity contribution >= 4 is 31.3 Å². The van der Waals surface area contributed by atoms with Crippen LogP contribution in [-0.4, -0.2) is 81.1 Å². The molecule has 0 radical (unpaired) electrons. The molecule has 1 saturated carbocycles. The van der Waals surface area contributed by atoms with Crippen molar-refractivity contribution in [1.82, 2.24) is 19.7 Å². The van der Waals surface area contributed by atoms with E-state index in [2.05, 4.69) is 20.2 Å². The second-order valence-corrected chi connectivity index (χ2v) is 11.7. The zero-order chi connectivity index (χ0) is 29.2. The van der Waals surface area contributed by atoms with Crippen molar-refractivity contribution in [3.05, 3.63) is 54.5 Å². The maximum atomic E-state index is 13.9. The number of anilines is 1. The maximum absolute atomic E-state index is 13.9. The molecule has 1 aromatic carbocycles. The van der Waals surface area contributed by atoms with Crippen molar-refractivity contribution in [2.75, 3.05) is 19.4 Å². The molecule has 5 N–H and O–H groups in total. The van der Waals surface area contributed by atoms with E-state index in [1.54, 1.807) is 42.5 Å². The van der Waals surface area contributed by atoms with Gasteiger partial charge >= 0.3 is 13.7 Å². The molecular weight excluding hydrogens is 555 g/mol. The van der Waals surface area contributed by atoms with E-state index < -0.39 is 50.3 Å². The first-order valence-corrected chi connectivity index (χ1v) is 14.7. The highest BCUT2D eigenvalue weighted by Gasteiger charge is 2.56. The van der Waals surface area contributed by atoms with Crippen LogP contribution in [0.1, 0.15) is 31.9 Å². The predicted octanol–water partition coefficient (Wildman–Crippen LogP) is 1.61. The normalized spacial score (nSPS) is 27.0. The number of carbonyl (C=O) groups excluding carboxylic acids is 1. The van der Waals surface area contributed by atoms with Crippen molar-refractivity contribution in [2.45, 2.75) is 62.2 Å². The summed E-state index contributed by atoms with van der Waals surface area (Å²) in [6.45, 7) is 1.00. The molecule has 2 fully saturated rings. The number of nitrogens with two attached hydrogens (primary N) is 1. The number of aromatic nitrogens is 3. The number of nitrogens with zero attached hydrogens (tertiary/aromatic N) is 4. The smallest absolute Gasteiger partial charge is 0.459 e. The van der Waals surface area contributed by atoms with Gasteiger partial charge in [0.15, 0.2) is 11.4 Å². The molecule has 1 saturated heterocycles. The van der Waals surface area contributed by atoms with Crippen LogP contribution in [0.2, 0.25) is 0 Å². The number of aliphatic hydroxyl groups excluding tert-OH is 2. The SMILES string of the molecule is CN=C[C@@]1(c2ccc3c(N)ncnn23)O[C@H](COP(=O)(N[C@@H](C)C(=O)OC2CCC2)Oc2ccccc2)[C@@H](O)[C@H]1O. The number of carbonyl (C=O) groups is 1. The summed E-state index contributed by atoms with van der Waals surface area (Å²) in [5, 5.41) is 29.1. The minimum atomic E-state index is -4.25. The van der Waals surface area contributed by atoms with E-state index in [4.69, 9.17) is 24.3 Å². The van der Waals surface area contributed by atoms with Gasteiger partial charge in [0.25, 0.3) is 0 Å². The fraction of sp³-hybridized carbons (Fsp3) is 0.462. The van der Waals surface area contributed by atoms with Crippen molar-refractivity contribution in [3.8, 4) is 5.75 Å². The quantitative estimate of drug-likeness (QED) is 0.144. The Morgan fingerprint density at radius 3 is 2.76 bits per heavy atom. The van der Waals surface area contributed by atoms with Crippen LogP contribution in [0.15, 0.2) is 53.8 Å². The van der Waals surface area contributed by atoms with Crippen LogP contribution in [0.3, 0.4) is 0 Å². The van der Waals surface area contributed by atoms with Gasteiger partial charge in [0.2, 0.25) is 0 Å². The Kier molecular flexibility index (Phi) is 8.41. The fourth-order valence-corrected chi connectivity index (χ4v) is 6.23. The number of hydrogen-bond donors (Lipinski definition) is 4. The van der Waals surface area contributed by atoms with E-state index in [-0.39, 0.29) is 17.7 Å². The molecule has 0 bridgehead atoms. The number of para-hydroxylation sites is 1. The van der Waals surface area contributed by atoms with Crippen LogP contribution in [0.5, 0.6) is 5.75 Å². The number of hydrogen-bond acceptors (Lipinski definition) is 12. The Hall–Kier alpha value is -3.39. The maximum Gasteiger partial charge on any atom is 0.459 e. The monoisotopic (exact) mass is 588 g/mol. The highest BCUT2D eigenvalue weighted by Crippen LogP contribution is 2.47. The van der Waals surface area contributed by atoms with Gasteiger partial charge in [0.05, 0.1) is 12.3 Å². The third-order valence-electron chi connectivity index (χ3n) is 7.11. The molecule has 1 aliphatic carbocycles. The summed E-state index contributed by atoms with van der Waals surface area (Å²) in [5.41, 5.74) is 5.10. The van der Waals surface area contributed by atoms with E-state index in [9.17, 15) is 19.6 Å². The molecular formula is C26H33N6O8P. The predicted molar refractivity (Wildman–Crippen MR) is 147 cm³/mol. The fourth-order valence-electron chi connectivity index (χ4n) is 4.73. The number of nitrogens with one attached hydrogen (secondary N) is 1. The Balaban J connectivity index is 1.37. The molecule has 0 amide bonds. The van der Waals surface area contributed by atoms with Gasteiger partial charge in [-0.05, 0) is 50.5 Å². The van der Waals surface area contributed by atoms with Gasteiger partial charge in [-0.1, -0.05) is 18.2 Å². The average Bonchev–Trinajstić information content (AvgIpc) is 3.47. The van der Waals surface area contributed by atoms with Crippen molar-refractivity contribution < 1.29 is 38.1 Å². The lowest BCUT2D eigenvalue weighted by atomic mass is 9.92. The van der Waals surface area contributed by atoms with E-state index in [1.165, 1.54) is 31.0 Å². The molecule has 5 rings (SSSR count). The van der Waals surface area contributed by atoms with Crippen molar-refractivity contribution in [3.63, 3.8) is 0 Å². The van der Waals surface area contributed by atoms with Gasteiger partial charge in [0, 0.05) is 13.3 Å². The molecule has 6 atom stereocenters. The first kappa shape index (κ1) is 29.1. The number of aliphatic imine (C=N–C) groups is 1. The van der Waals surface area contributed by atoms with E-state index in [1.807, 2.05) is 0 Å². The third kappa shape index (κ3) is 5.85. The molecule has 15 heteroatoms. The summed E-state index contributed by atoms with van der Waals surface area (Å²) in [7, 11) is -2.76. The van der Waals surface area contributed by atoms with Gasteiger partial charge in [-0.15, -0.1) is 0 Å². The van der Waals surface area contributed by atoms with Gasteiger partial charge in [-0.2, -0.15) is 10.2 Å². The number of ether oxygens (including phenoxy) is 2. The summed E-state index contributed by atoms with van der Waals surface area (Å²) in [4.78, 5) is 20.6. The minimum absolute atomic E-state index is 0.162. The molecule has 2 aromatic heterocycles. The largest absolute Gasteiger partial charge is 0.461 e. The number of nitrogen functional groups attached to an aromatic ring is 1. The van der Waals surface area contributed by atoms with Crippen LogP contribution in [0.25, 0.3) is 5.52 Å². The molecule has 0 spiro atoms. The summed E-state index contributed by atoms with van der Waals surface area (Å²) in [6, 6.07) is 10.5. The van der Waals surface area contributed by atoms with Crippen LogP contribution in [0, 0.1) is 0 Å². The third-order valence-corrected chi connectivity index (χ3v) is 8.75. The summed E-state index contributed by atoms with van der Waals surface area (Å²) >= 11 is 0. The number of rotatable bonds is 11. The molecule has 3 aromatic rings. The van der Waals surface area contributed by atoms with Crippen molar-refractivity contribution in [2.24, 2.45) is 4.99 Å². The molecule has 41 heavy (non-hydrogen) atoms. The lowest BCUT2D eigenvalue weighted by Crippen LogP contribution is -2.43. The second-order valence-electron chi connectivity index (χ2n) is 9.97. The van der Waals surface area contributed by atoms with Gasteiger partial charge < -0.3 is 29.9 Å². The molecule has 220 valence electrons. The summed E-state index contributed by atoms with van der Waals surface area (Å²) < 4.78 is 38.4. The van der Waals surface area contributed by atoms with Crippen LogP contribution in [0.4, 0.5) is 5.82 Å². The number of esters is 1. The highest BCUT2D eigenvalue weighted by atomic mass is 31.2. The van der Waals surface area contributed by atoms with E-state index >= 15 is 0 Å². The van der Waals surface area contributed by atoms with Crippen LogP contribution < -0.4 is 15.3 Å². The van der Waals surface area contributed by atoms with E-state index in [0.717, 1.165) is 19.3 Å². The molecule has 2 aliphatic rings. The average molecular weight is 589 g/mol. The highest BCUT2D eigenvalue weighted by molar-refractivity contribution is 7.52. The molecule has 1 aliphatic heterocycles. The van der Waals surface area contributed by atoms with Gasteiger partial charge in [-0.3, -0.25) is 14.3 Å². The standard InChI is InChI=1S/C26H33N6O8P/c1-16(25(35)38-17-9-6-10-17)31-41(36,40-18-7-4-3-5-8-18)37-13-20-22(33)23(34)26(39-20,14-28-2)21-12-11-19-24(27)29-15-30-32(19)21/h3-5,7-8,11-12,14-17,20,22-23,33-34H,6,9-10,13H2,1-2H3,(H,31,36)(H2,27,29,30)/t16-,20+,22+,23+,26-,41?/m0/s1. The zero-order valence-corrected chi connectivity index (χ0v) is 23.5. The Morgan fingerprint density at radius 2 is 2.07 bits per heavy atom. The topological polar surface area (TPSA) is 192 Å². The van der Waals surface area contributed by atoms with Gasteiger partial charge in [0.1, 0.15) is 48.1 Å². The molecule has 3 heterocycles. The van der Waals surface area contributed by atoms with Crippen molar-refractivity contribution in [1.29, 1.82) is 0 Å². The first-order valence-electron chi connectivity index (χ1n) is 13.2. The number of aliphatic hydroxyl groups is 2. The number of benzene rings is 1. The van der Waals surface area contributed by atoms with Crippen LogP contribution in [-0.2, 0) is 29.0 Å².